The van der Waals surface area contributed by atoms with Crippen molar-refractivity contribution < 1.29 is 10.0 Å². The molecule has 1 aromatic heterocycles. The molecule has 2 aromatic rings. The van der Waals surface area contributed by atoms with Gasteiger partial charge in [0.2, 0.25) is 0 Å². The quantitative estimate of drug-likeness (QED) is 0.667. The highest BCUT2D eigenvalue weighted by molar-refractivity contribution is 6.33. The molecule has 0 saturated heterocycles. The zero-order valence-electron chi connectivity index (χ0n) is 10.6. The lowest BCUT2D eigenvalue weighted by atomic mass is 10.2. The molecule has 1 heterocycles. The van der Waals surface area contributed by atoms with Crippen LogP contribution in [0.25, 0.3) is 0 Å². The molecule has 0 spiro atoms. The standard InChI is InChI=1S/C13H12ClN3O3/c1-8-2-5-13(18)12(16-8)7-15-11-6-9(17(19)20)3-4-10(11)14/h2-6,15,18H,7H2,1H3. The number of aromatic hydroxyl groups is 1. The summed E-state index contributed by atoms with van der Waals surface area (Å²) in [6.45, 7) is 2.03. The molecule has 0 aliphatic heterocycles. The molecule has 104 valence electrons. The second-order valence-electron chi connectivity index (χ2n) is 4.19. The van der Waals surface area contributed by atoms with E-state index in [9.17, 15) is 15.2 Å². The summed E-state index contributed by atoms with van der Waals surface area (Å²) in [6.07, 6.45) is 0. The lowest BCUT2D eigenvalue weighted by Crippen LogP contribution is -2.03. The lowest BCUT2D eigenvalue weighted by Gasteiger charge is -2.09. The van der Waals surface area contributed by atoms with Gasteiger partial charge in [0.25, 0.3) is 5.69 Å². The average Bonchev–Trinajstić information content (AvgIpc) is 2.41. The maximum absolute atomic E-state index is 10.7. The number of nitro benzene ring substituents is 1. The molecule has 0 radical (unpaired) electrons. The maximum Gasteiger partial charge on any atom is 0.271 e. The Hall–Kier alpha value is -2.34. The van der Waals surface area contributed by atoms with Crippen LogP contribution in [0.5, 0.6) is 5.75 Å². The lowest BCUT2D eigenvalue weighted by molar-refractivity contribution is -0.384. The highest BCUT2D eigenvalue weighted by atomic mass is 35.5. The Kier molecular flexibility index (Phi) is 4.05. The van der Waals surface area contributed by atoms with Crippen LogP contribution in [0.4, 0.5) is 11.4 Å². The number of rotatable bonds is 4. The van der Waals surface area contributed by atoms with Crippen molar-refractivity contribution in [3.63, 3.8) is 0 Å². The van der Waals surface area contributed by atoms with Crippen LogP contribution in [0.3, 0.4) is 0 Å². The van der Waals surface area contributed by atoms with Gasteiger partial charge in [-0.1, -0.05) is 11.6 Å². The highest BCUT2D eigenvalue weighted by Gasteiger charge is 2.10. The van der Waals surface area contributed by atoms with E-state index in [4.69, 9.17) is 11.6 Å². The maximum atomic E-state index is 10.7. The Morgan fingerprint density at radius 1 is 1.40 bits per heavy atom. The fourth-order valence-corrected chi connectivity index (χ4v) is 1.86. The van der Waals surface area contributed by atoms with Gasteiger partial charge in [0.15, 0.2) is 0 Å². The van der Waals surface area contributed by atoms with Crippen LogP contribution in [0, 0.1) is 17.0 Å². The average molecular weight is 294 g/mol. The van der Waals surface area contributed by atoms with E-state index in [1.165, 1.54) is 18.2 Å². The van der Waals surface area contributed by atoms with Crippen molar-refractivity contribution in [2.75, 3.05) is 5.32 Å². The van der Waals surface area contributed by atoms with Crippen molar-refractivity contribution in [1.82, 2.24) is 4.98 Å². The van der Waals surface area contributed by atoms with Crippen molar-refractivity contribution in [3.05, 3.63) is 56.9 Å². The van der Waals surface area contributed by atoms with E-state index >= 15 is 0 Å². The van der Waals surface area contributed by atoms with E-state index < -0.39 is 4.92 Å². The van der Waals surface area contributed by atoms with Gasteiger partial charge in [-0.05, 0) is 25.1 Å². The number of anilines is 1. The van der Waals surface area contributed by atoms with Crippen molar-refractivity contribution in [3.8, 4) is 5.75 Å². The van der Waals surface area contributed by atoms with Crippen LogP contribution in [-0.4, -0.2) is 15.0 Å². The van der Waals surface area contributed by atoms with Gasteiger partial charge in [-0.3, -0.25) is 15.1 Å². The molecule has 0 bridgehead atoms. The number of nitrogens with one attached hydrogen (secondary N) is 1. The van der Waals surface area contributed by atoms with Crippen molar-refractivity contribution >= 4 is 23.0 Å². The number of benzene rings is 1. The smallest absolute Gasteiger partial charge is 0.271 e. The summed E-state index contributed by atoms with van der Waals surface area (Å²) < 4.78 is 0. The zero-order chi connectivity index (χ0) is 14.7. The molecule has 20 heavy (non-hydrogen) atoms. The molecule has 0 amide bonds. The van der Waals surface area contributed by atoms with E-state index in [-0.39, 0.29) is 18.0 Å². The SMILES string of the molecule is Cc1ccc(O)c(CNc2cc([N+](=O)[O-])ccc2Cl)n1. The van der Waals surface area contributed by atoms with Gasteiger partial charge in [0.1, 0.15) is 11.4 Å². The van der Waals surface area contributed by atoms with Crippen LogP contribution in [-0.2, 0) is 6.54 Å². The molecule has 0 atom stereocenters. The minimum atomic E-state index is -0.496. The molecule has 6 nitrogen and oxygen atoms in total. The van der Waals surface area contributed by atoms with Gasteiger partial charge in [-0.2, -0.15) is 0 Å². The van der Waals surface area contributed by atoms with Gasteiger partial charge in [0, 0.05) is 17.8 Å². The van der Waals surface area contributed by atoms with Gasteiger partial charge in [0.05, 0.1) is 22.2 Å². The Bertz CT molecular complexity index is 661. The van der Waals surface area contributed by atoms with Crippen molar-refractivity contribution in [2.45, 2.75) is 13.5 Å². The molecule has 0 aliphatic carbocycles. The Morgan fingerprint density at radius 3 is 2.85 bits per heavy atom. The normalized spacial score (nSPS) is 10.3. The molecule has 0 aliphatic rings. The van der Waals surface area contributed by atoms with Crippen LogP contribution in [0.2, 0.25) is 5.02 Å². The zero-order valence-corrected chi connectivity index (χ0v) is 11.4. The molecule has 1 aromatic carbocycles. The van der Waals surface area contributed by atoms with E-state index in [0.29, 0.717) is 16.4 Å². The summed E-state index contributed by atoms with van der Waals surface area (Å²) in [7, 11) is 0. The highest BCUT2D eigenvalue weighted by Crippen LogP contribution is 2.27. The monoisotopic (exact) mass is 293 g/mol. The molecule has 2 rings (SSSR count). The Morgan fingerprint density at radius 2 is 2.15 bits per heavy atom. The van der Waals surface area contributed by atoms with Crippen LogP contribution >= 0.6 is 11.6 Å². The predicted molar refractivity (Wildman–Crippen MR) is 76.1 cm³/mol. The van der Waals surface area contributed by atoms with E-state index in [1.807, 2.05) is 6.92 Å². The molecule has 7 heteroatoms. The first kappa shape index (κ1) is 14.1. The summed E-state index contributed by atoms with van der Waals surface area (Å²) in [4.78, 5) is 14.4. The number of hydrogen-bond acceptors (Lipinski definition) is 5. The first-order valence-electron chi connectivity index (χ1n) is 5.80. The second-order valence-corrected chi connectivity index (χ2v) is 4.60. The number of nitro groups is 1. The Labute approximate surface area is 120 Å². The summed E-state index contributed by atoms with van der Waals surface area (Å²) in [5.74, 6) is 0.0599. The summed E-state index contributed by atoms with van der Waals surface area (Å²) in [6, 6.07) is 7.37. The van der Waals surface area contributed by atoms with Crippen LogP contribution < -0.4 is 5.32 Å². The first-order valence-corrected chi connectivity index (χ1v) is 6.18. The second kappa shape index (κ2) is 5.75. The van der Waals surface area contributed by atoms with Crippen LogP contribution in [0.1, 0.15) is 11.4 Å². The molecular weight excluding hydrogens is 282 g/mol. The first-order chi connectivity index (χ1) is 9.47. The molecule has 2 N–H and O–H groups in total. The topological polar surface area (TPSA) is 88.3 Å². The van der Waals surface area contributed by atoms with E-state index in [1.54, 1.807) is 12.1 Å². The third-order valence-electron chi connectivity index (χ3n) is 2.70. The molecule has 0 saturated carbocycles. The van der Waals surface area contributed by atoms with Gasteiger partial charge < -0.3 is 10.4 Å². The summed E-state index contributed by atoms with van der Waals surface area (Å²) in [5, 5.41) is 23.7. The largest absolute Gasteiger partial charge is 0.506 e. The number of aryl methyl sites for hydroxylation is 1. The molecular formula is C13H12ClN3O3. The fourth-order valence-electron chi connectivity index (χ4n) is 1.67. The number of hydrogen-bond donors (Lipinski definition) is 2. The summed E-state index contributed by atoms with van der Waals surface area (Å²) in [5.41, 5.74) is 1.58. The Balaban J connectivity index is 2.20. The number of non-ortho nitro benzene ring substituents is 1. The third kappa shape index (κ3) is 3.16. The van der Waals surface area contributed by atoms with Crippen molar-refractivity contribution in [1.29, 1.82) is 0 Å². The third-order valence-corrected chi connectivity index (χ3v) is 3.03. The summed E-state index contributed by atoms with van der Waals surface area (Å²) >= 11 is 5.97. The minimum absolute atomic E-state index is 0.0571. The van der Waals surface area contributed by atoms with Crippen LogP contribution in [0.15, 0.2) is 30.3 Å². The van der Waals surface area contributed by atoms with Gasteiger partial charge >= 0.3 is 0 Å². The predicted octanol–water partition coefficient (Wildman–Crippen LogP) is 3.27. The van der Waals surface area contributed by atoms with Crippen molar-refractivity contribution in [2.24, 2.45) is 0 Å². The number of nitrogens with zero attached hydrogens (tertiary/aromatic N) is 2. The molecule has 0 fully saturated rings. The minimum Gasteiger partial charge on any atom is -0.506 e. The number of halogens is 1. The molecule has 0 unspecified atom stereocenters. The van der Waals surface area contributed by atoms with Gasteiger partial charge in [-0.25, -0.2) is 0 Å². The number of aromatic nitrogens is 1. The van der Waals surface area contributed by atoms with E-state index in [2.05, 4.69) is 10.3 Å². The number of pyridine rings is 1. The fraction of sp³-hybridized carbons (Fsp3) is 0.154. The van der Waals surface area contributed by atoms with E-state index in [0.717, 1.165) is 5.69 Å². The van der Waals surface area contributed by atoms with Gasteiger partial charge in [-0.15, -0.1) is 0 Å².